The van der Waals surface area contributed by atoms with Crippen LogP contribution in [0, 0.1) is 5.92 Å². The van der Waals surface area contributed by atoms with Crippen LogP contribution in [0.1, 0.15) is 34.1 Å². The summed E-state index contributed by atoms with van der Waals surface area (Å²) in [6.45, 7) is 8.87. The molecule has 0 aliphatic rings. The maximum atomic E-state index is 12.2. The second-order valence-corrected chi connectivity index (χ2v) is 4.92. The number of carbonyl (C=O) groups is 1. The second-order valence-electron chi connectivity index (χ2n) is 4.92. The highest BCUT2D eigenvalue weighted by molar-refractivity contribution is 5.96. The van der Waals surface area contributed by atoms with E-state index in [0.29, 0.717) is 30.4 Å². The molecule has 1 unspecified atom stereocenters. The number of ether oxygens (including phenoxy) is 2. The first kappa shape index (κ1) is 17.3. The molecule has 2 atom stereocenters. The van der Waals surface area contributed by atoms with Crippen LogP contribution in [-0.2, 0) is 4.79 Å². The Hall–Kier alpha value is -1.75. The van der Waals surface area contributed by atoms with E-state index in [1.807, 2.05) is 33.8 Å². The molecule has 3 N–H and O–H groups in total. The Kier molecular flexibility index (Phi) is 7.02. The van der Waals surface area contributed by atoms with Crippen molar-refractivity contribution in [1.82, 2.24) is 0 Å². The van der Waals surface area contributed by atoms with E-state index in [1.54, 1.807) is 12.1 Å². The van der Waals surface area contributed by atoms with Crippen LogP contribution in [0.2, 0.25) is 0 Å². The van der Waals surface area contributed by atoms with Gasteiger partial charge in [0.25, 0.3) is 0 Å². The van der Waals surface area contributed by atoms with Gasteiger partial charge in [0.1, 0.15) is 11.5 Å². The molecule has 0 saturated carbocycles. The molecule has 5 heteroatoms. The molecule has 21 heavy (non-hydrogen) atoms. The molecule has 1 aromatic carbocycles. The van der Waals surface area contributed by atoms with E-state index in [1.165, 1.54) is 0 Å². The highest BCUT2D eigenvalue weighted by Gasteiger charge is 2.20. The Bertz CT molecular complexity index is 463. The molecule has 0 radical (unpaired) electrons. The molecular weight excluding hydrogens is 268 g/mol. The number of anilines is 1. The van der Waals surface area contributed by atoms with Gasteiger partial charge in [-0.3, -0.25) is 4.79 Å². The molecule has 0 aliphatic heterocycles. The van der Waals surface area contributed by atoms with E-state index >= 15 is 0 Å². The minimum absolute atomic E-state index is 0.121. The Labute approximate surface area is 126 Å². The lowest BCUT2D eigenvalue weighted by Crippen LogP contribution is -2.40. The molecule has 0 bridgehead atoms. The minimum atomic E-state index is -0.541. The number of hydrogen-bond donors (Lipinski definition) is 2. The number of nitrogens with two attached hydrogens (primary N) is 1. The first-order valence-corrected chi connectivity index (χ1v) is 7.49. The highest BCUT2D eigenvalue weighted by atomic mass is 16.5. The van der Waals surface area contributed by atoms with Gasteiger partial charge in [0.15, 0.2) is 0 Å². The zero-order valence-corrected chi connectivity index (χ0v) is 13.3. The standard InChI is InChI=1S/C16H26N2O3/c1-5-11(4)15(17)16(19)18-13-10-12(20-6-2)8-9-14(13)21-7-3/h8-11,15H,5-7,17H2,1-4H3,(H,18,19)/t11?,15-/m0/s1. The molecule has 0 aliphatic carbocycles. The third-order valence-electron chi connectivity index (χ3n) is 3.38. The van der Waals surface area contributed by atoms with Crippen LogP contribution >= 0.6 is 0 Å². The largest absolute Gasteiger partial charge is 0.494 e. The van der Waals surface area contributed by atoms with Gasteiger partial charge in [0, 0.05) is 6.07 Å². The van der Waals surface area contributed by atoms with Crippen molar-refractivity contribution in [2.75, 3.05) is 18.5 Å². The van der Waals surface area contributed by atoms with Gasteiger partial charge in [0.05, 0.1) is 24.9 Å². The Balaban J connectivity index is 2.92. The monoisotopic (exact) mass is 294 g/mol. The van der Waals surface area contributed by atoms with E-state index in [4.69, 9.17) is 15.2 Å². The number of rotatable bonds is 8. The van der Waals surface area contributed by atoms with Gasteiger partial charge in [-0.2, -0.15) is 0 Å². The van der Waals surface area contributed by atoms with Crippen LogP contribution in [0.3, 0.4) is 0 Å². The van der Waals surface area contributed by atoms with Gasteiger partial charge in [-0.25, -0.2) is 0 Å². The summed E-state index contributed by atoms with van der Waals surface area (Å²) < 4.78 is 11.0. The van der Waals surface area contributed by atoms with Crippen molar-refractivity contribution in [1.29, 1.82) is 0 Å². The number of amides is 1. The molecule has 0 fully saturated rings. The summed E-state index contributed by atoms with van der Waals surface area (Å²) in [4.78, 5) is 12.2. The lowest BCUT2D eigenvalue weighted by Gasteiger charge is -2.19. The summed E-state index contributed by atoms with van der Waals surface area (Å²) in [6, 6.07) is 4.83. The zero-order valence-electron chi connectivity index (χ0n) is 13.3. The second kappa shape index (κ2) is 8.52. The van der Waals surface area contributed by atoms with Gasteiger partial charge in [0.2, 0.25) is 5.91 Å². The highest BCUT2D eigenvalue weighted by Crippen LogP contribution is 2.29. The molecular formula is C16H26N2O3. The van der Waals surface area contributed by atoms with E-state index in [0.717, 1.165) is 6.42 Å². The fourth-order valence-electron chi connectivity index (χ4n) is 1.87. The summed E-state index contributed by atoms with van der Waals surface area (Å²) in [7, 11) is 0. The molecule has 5 nitrogen and oxygen atoms in total. The van der Waals surface area contributed by atoms with Crippen LogP contribution in [0.25, 0.3) is 0 Å². The van der Waals surface area contributed by atoms with Crippen molar-refractivity contribution >= 4 is 11.6 Å². The molecule has 0 spiro atoms. The van der Waals surface area contributed by atoms with Gasteiger partial charge >= 0.3 is 0 Å². The predicted molar refractivity (Wildman–Crippen MR) is 84.8 cm³/mol. The Morgan fingerprint density at radius 2 is 1.90 bits per heavy atom. The molecule has 118 valence electrons. The van der Waals surface area contributed by atoms with Crippen LogP contribution in [0.4, 0.5) is 5.69 Å². The van der Waals surface area contributed by atoms with Crippen molar-refractivity contribution in [2.45, 2.75) is 40.2 Å². The van der Waals surface area contributed by atoms with Gasteiger partial charge < -0.3 is 20.5 Å². The molecule has 0 heterocycles. The molecule has 0 saturated heterocycles. The van der Waals surface area contributed by atoms with Crippen molar-refractivity contribution in [2.24, 2.45) is 11.7 Å². The van der Waals surface area contributed by atoms with E-state index in [9.17, 15) is 4.79 Å². The average molecular weight is 294 g/mol. The SMILES string of the molecule is CCOc1ccc(OCC)c(NC(=O)[C@@H](N)C(C)CC)c1. The number of nitrogens with one attached hydrogen (secondary N) is 1. The van der Waals surface area contributed by atoms with Gasteiger partial charge in [-0.05, 0) is 31.9 Å². The normalized spacial score (nSPS) is 13.4. The first-order valence-electron chi connectivity index (χ1n) is 7.49. The third-order valence-corrected chi connectivity index (χ3v) is 3.38. The molecule has 1 amide bonds. The molecule has 1 aromatic rings. The quantitative estimate of drug-likeness (QED) is 0.773. The summed E-state index contributed by atoms with van der Waals surface area (Å²) in [6.07, 6.45) is 0.853. The summed E-state index contributed by atoms with van der Waals surface area (Å²) >= 11 is 0. The summed E-state index contributed by atoms with van der Waals surface area (Å²) in [5.41, 5.74) is 6.55. The maximum Gasteiger partial charge on any atom is 0.241 e. The van der Waals surface area contributed by atoms with Gasteiger partial charge in [-0.15, -0.1) is 0 Å². The van der Waals surface area contributed by atoms with Crippen LogP contribution < -0.4 is 20.5 Å². The Morgan fingerprint density at radius 3 is 2.48 bits per heavy atom. The maximum absolute atomic E-state index is 12.2. The van der Waals surface area contributed by atoms with Crippen molar-refractivity contribution in [3.8, 4) is 11.5 Å². The van der Waals surface area contributed by atoms with E-state index in [2.05, 4.69) is 5.32 Å². The minimum Gasteiger partial charge on any atom is -0.494 e. The predicted octanol–water partition coefficient (Wildman–Crippen LogP) is 2.80. The summed E-state index contributed by atoms with van der Waals surface area (Å²) in [5.74, 6) is 1.22. The van der Waals surface area contributed by atoms with Crippen molar-refractivity contribution < 1.29 is 14.3 Å². The fraction of sp³-hybridized carbons (Fsp3) is 0.562. The third kappa shape index (κ3) is 4.93. The molecule has 0 aromatic heterocycles. The van der Waals surface area contributed by atoms with E-state index < -0.39 is 6.04 Å². The first-order chi connectivity index (χ1) is 10.0. The van der Waals surface area contributed by atoms with Crippen molar-refractivity contribution in [3.63, 3.8) is 0 Å². The van der Waals surface area contributed by atoms with Crippen LogP contribution in [-0.4, -0.2) is 25.2 Å². The topological polar surface area (TPSA) is 73.6 Å². The zero-order chi connectivity index (χ0) is 15.8. The smallest absolute Gasteiger partial charge is 0.241 e. The lowest BCUT2D eigenvalue weighted by atomic mass is 9.99. The summed E-state index contributed by atoms with van der Waals surface area (Å²) in [5, 5.41) is 2.84. The number of hydrogen-bond acceptors (Lipinski definition) is 4. The number of benzene rings is 1. The van der Waals surface area contributed by atoms with Crippen LogP contribution in [0.5, 0.6) is 11.5 Å². The van der Waals surface area contributed by atoms with Gasteiger partial charge in [-0.1, -0.05) is 20.3 Å². The average Bonchev–Trinajstić information content (AvgIpc) is 2.48. The van der Waals surface area contributed by atoms with Crippen molar-refractivity contribution in [3.05, 3.63) is 18.2 Å². The van der Waals surface area contributed by atoms with E-state index in [-0.39, 0.29) is 11.8 Å². The Morgan fingerprint density at radius 1 is 1.24 bits per heavy atom. The lowest BCUT2D eigenvalue weighted by molar-refractivity contribution is -0.118. The van der Waals surface area contributed by atoms with Crippen LogP contribution in [0.15, 0.2) is 18.2 Å². The number of carbonyl (C=O) groups excluding carboxylic acids is 1. The molecule has 1 rings (SSSR count). The fourth-order valence-corrected chi connectivity index (χ4v) is 1.87.